The number of alkyl halides is 1. The maximum absolute atomic E-state index is 11.3. The third-order valence-corrected chi connectivity index (χ3v) is 23.6. The van der Waals surface area contributed by atoms with Crippen LogP contribution in [0.15, 0.2) is 261 Å². The fourth-order valence-electron chi connectivity index (χ4n) is 16.6. The lowest BCUT2D eigenvalue weighted by atomic mass is 9.84. The second-order valence-electron chi connectivity index (χ2n) is 34.3. The molecule has 8 aliphatic carbocycles. The first-order valence-electron chi connectivity index (χ1n) is 48.2. The normalized spacial score (nSPS) is 16.7. The summed E-state index contributed by atoms with van der Waals surface area (Å²) in [5.74, 6) is 2.80. The van der Waals surface area contributed by atoms with Crippen LogP contribution in [0.1, 0.15) is 309 Å². The van der Waals surface area contributed by atoms with E-state index in [1.54, 1.807) is 196 Å². The zero-order valence-corrected chi connectivity index (χ0v) is 87.5. The smallest absolute Gasteiger partial charge is 0.267 e. The minimum Gasteiger partial charge on any atom is -0.400 e. The SMILES string of the molecule is CC1CCCc2ccccc21.CC1CCCc2ccccc21.CC1CCCc2ccccc21.CC1CCCc2ccccc21.CC1CCCc2ccccc21.CO.CO.COC.COC.COC.COC.COC.COC.Cc1ccc(C(N)=O)nc1.ClC1CCCc2ccccc21.NC(=O)c1ccccn1.NC(=O)c1ccccn1.O=C1CCCc2ccccc21.OC1CCCc2ccccc21. The average Bonchev–Trinajstić information content (AvgIpc) is 0.873. The van der Waals surface area contributed by atoms with Crippen LogP contribution >= 0.6 is 11.6 Å². The summed E-state index contributed by atoms with van der Waals surface area (Å²) in [4.78, 5) is 53.7. The van der Waals surface area contributed by atoms with Gasteiger partial charge >= 0.3 is 0 Å². The van der Waals surface area contributed by atoms with Crippen LogP contribution in [0, 0.1) is 6.92 Å². The van der Waals surface area contributed by atoms with Crippen molar-refractivity contribution in [2.45, 2.75) is 237 Å². The highest BCUT2D eigenvalue weighted by Gasteiger charge is 2.22. The number of aliphatic hydroxyl groups is 3. The monoisotopic (exact) mass is 1910 g/mol. The molecule has 754 valence electrons. The molecule has 9 N–H and O–H groups in total. The number of hydrogen-bond donors (Lipinski definition) is 6. The predicted octanol–water partition coefficient (Wildman–Crippen LogP) is 24.8. The molecule has 7 atom stereocenters. The van der Waals surface area contributed by atoms with E-state index >= 15 is 0 Å². The van der Waals surface area contributed by atoms with Gasteiger partial charge in [-0.1, -0.05) is 247 Å². The van der Waals surface area contributed by atoms with E-state index in [1.165, 1.54) is 144 Å². The number of pyridine rings is 3. The molecule has 8 aliphatic rings. The number of Topliss-reactive ketones (excluding diaryl/α,β-unsaturated/α-hetero) is 1. The molecule has 0 fully saturated rings. The van der Waals surface area contributed by atoms with Gasteiger partial charge in [-0.2, -0.15) is 0 Å². The predicted molar refractivity (Wildman–Crippen MR) is 572 cm³/mol. The van der Waals surface area contributed by atoms with E-state index < -0.39 is 17.7 Å². The fraction of sp³-hybridized carbons (Fsp3) is 0.432. The Hall–Kier alpha value is -10.8. The van der Waals surface area contributed by atoms with Gasteiger partial charge in [-0.25, -0.2) is 0 Å². The van der Waals surface area contributed by atoms with Gasteiger partial charge in [-0.3, -0.25) is 34.1 Å². The van der Waals surface area contributed by atoms with Crippen molar-refractivity contribution < 1.29 is 62.9 Å². The molecule has 3 aromatic heterocycles. The molecule has 19 rings (SSSR count). The lowest BCUT2D eigenvalue weighted by Gasteiger charge is -2.21. The van der Waals surface area contributed by atoms with Crippen molar-refractivity contribution in [3.63, 3.8) is 0 Å². The van der Waals surface area contributed by atoms with E-state index in [-0.39, 0.29) is 11.5 Å². The molecule has 138 heavy (non-hydrogen) atoms. The van der Waals surface area contributed by atoms with E-state index in [2.05, 4.69) is 230 Å². The van der Waals surface area contributed by atoms with Gasteiger partial charge < -0.3 is 60.9 Å². The molecule has 0 spiro atoms. The number of aryl methyl sites for hydroxylation is 9. The van der Waals surface area contributed by atoms with Gasteiger partial charge in [0.05, 0.1) is 11.5 Å². The first-order valence-corrected chi connectivity index (χ1v) is 48.7. The summed E-state index contributed by atoms with van der Waals surface area (Å²) in [5.41, 5.74) is 39.9. The number of carbonyl (C=O) groups excluding carboxylic acids is 4. The molecule has 0 aliphatic heterocycles. The number of hydrogen-bond acceptors (Lipinski definition) is 16. The molecule has 7 unspecified atom stereocenters. The summed E-state index contributed by atoms with van der Waals surface area (Å²) < 4.78 is 25.5. The molecule has 3 amide bonds. The van der Waals surface area contributed by atoms with Crippen molar-refractivity contribution in [3.8, 4) is 0 Å². The molecule has 3 heterocycles. The van der Waals surface area contributed by atoms with E-state index in [9.17, 15) is 24.3 Å². The van der Waals surface area contributed by atoms with Gasteiger partial charge in [0.2, 0.25) is 0 Å². The van der Waals surface area contributed by atoms with Gasteiger partial charge in [-0.15, -0.1) is 11.6 Å². The molecule has 0 radical (unpaired) electrons. The highest BCUT2D eigenvalue weighted by Crippen LogP contribution is 2.37. The number of carbonyl (C=O) groups is 4. The quantitative estimate of drug-likeness (QED) is 0.0896. The maximum atomic E-state index is 11.3. The Morgan fingerprint density at radius 2 is 0.522 bits per heavy atom. The number of halogens is 1. The molecule has 0 bridgehead atoms. The Kier molecular flexibility index (Phi) is 71.7. The number of nitrogens with two attached hydrogens (primary N) is 3. The number of rotatable bonds is 3. The van der Waals surface area contributed by atoms with Crippen LogP contribution in [0.25, 0.3) is 0 Å². The van der Waals surface area contributed by atoms with Gasteiger partial charge in [0.15, 0.2) is 5.78 Å². The molecular weight excluding hydrogens is 1740 g/mol. The number of methoxy groups -OCH3 is 6. The van der Waals surface area contributed by atoms with E-state index in [4.69, 9.17) is 39.0 Å². The van der Waals surface area contributed by atoms with Crippen molar-refractivity contribution in [1.82, 2.24) is 15.0 Å². The molecule has 0 saturated carbocycles. The molecule has 20 heteroatoms. The van der Waals surface area contributed by atoms with E-state index in [0.717, 1.165) is 105 Å². The number of amides is 3. The highest BCUT2D eigenvalue weighted by molar-refractivity contribution is 6.21. The first kappa shape index (κ1) is 125. The van der Waals surface area contributed by atoms with Crippen LogP contribution in [0.5, 0.6) is 0 Å². The summed E-state index contributed by atoms with van der Waals surface area (Å²) in [6.07, 6.45) is 34.2. The van der Waals surface area contributed by atoms with Gasteiger partial charge in [0.25, 0.3) is 17.7 Å². The first-order chi connectivity index (χ1) is 66.8. The molecule has 8 aromatic carbocycles. The second-order valence-corrected chi connectivity index (χ2v) is 34.8. The molecule has 0 saturated heterocycles. The van der Waals surface area contributed by atoms with Crippen molar-refractivity contribution in [2.24, 2.45) is 17.2 Å². The minimum atomic E-state index is -0.490. The number of aliphatic hydroxyl groups excluding tert-OH is 3. The lowest BCUT2D eigenvalue weighted by Crippen LogP contribution is -2.12. The van der Waals surface area contributed by atoms with Crippen LogP contribution in [0.4, 0.5) is 0 Å². The number of ether oxygens (including phenoxy) is 6. The number of aromatic nitrogens is 3. The van der Waals surface area contributed by atoms with E-state index in [0.29, 0.717) is 22.9 Å². The van der Waals surface area contributed by atoms with Crippen molar-refractivity contribution >= 4 is 35.1 Å². The van der Waals surface area contributed by atoms with Gasteiger partial charge in [0.1, 0.15) is 17.1 Å². The van der Waals surface area contributed by atoms with Crippen molar-refractivity contribution in [1.29, 1.82) is 0 Å². The minimum absolute atomic E-state index is 0.208. The summed E-state index contributed by atoms with van der Waals surface area (Å²) in [6.45, 7) is 13.6. The molecular formula is C118H167ClN6O13. The average molecular weight is 1910 g/mol. The summed E-state index contributed by atoms with van der Waals surface area (Å²) in [6, 6.07) is 82.2. The number of nitrogens with zero attached hydrogens (tertiary/aromatic N) is 3. The lowest BCUT2D eigenvalue weighted by molar-refractivity contribution is 0.0968. The van der Waals surface area contributed by atoms with Crippen LogP contribution in [0.2, 0.25) is 0 Å². The Morgan fingerprint density at radius 3 is 0.768 bits per heavy atom. The van der Waals surface area contributed by atoms with Crippen LogP contribution in [0.3, 0.4) is 0 Å². The van der Waals surface area contributed by atoms with Crippen LogP contribution in [-0.4, -0.2) is 153 Å². The van der Waals surface area contributed by atoms with Crippen molar-refractivity contribution in [2.75, 3.05) is 99.5 Å². The maximum Gasteiger partial charge on any atom is 0.267 e. The summed E-state index contributed by atoms with van der Waals surface area (Å²) in [7, 11) is 21.5. The number of fused-ring (bicyclic) bond motifs is 8. The standard InChI is InChI=1S/5C11H14.C10H11Cl.C10H12O.C10H10O.C7H8N2O.2C6H6N2O.6C2H6O.2CH4O/c5*1-9-5-4-7-10-6-2-3-8-11(9)10;3*11-10-7-3-5-8-4-1-2-6-9(8)10;1-5-2-3-6(7(8)10)9-4-5;2*7-6(9)5-3-1-2-4-8-5;6*1-3-2;2*1-2/h5*2-3,6,8-9H,4-5,7H2,1H3;1-2,4,6,10H,3,5,7H2;1-2,4,6,10-11H,3,5,7H2;1-2,4,6H,3,5,7H2;2-4H,1H3,(H2,8,10);2*1-4H,(H2,7,9);6*1-2H3;2*2H,1H3. The van der Waals surface area contributed by atoms with E-state index in [1.807, 2.05) is 49.4 Å². The zero-order valence-electron chi connectivity index (χ0n) is 86.7. The van der Waals surface area contributed by atoms with Gasteiger partial charge in [0, 0.05) is 130 Å². The Morgan fingerprint density at radius 1 is 0.290 bits per heavy atom. The third-order valence-electron chi connectivity index (χ3n) is 23.1. The number of primary amides is 3. The van der Waals surface area contributed by atoms with Crippen LogP contribution in [-0.2, 0) is 79.8 Å². The summed E-state index contributed by atoms with van der Waals surface area (Å²) >= 11 is 6.15. The fourth-order valence-corrected chi connectivity index (χ4v) is 17.0. The Labute approximate surface area is 834 Å². The zero-order chi connectivity index (χ0) is 103. The molecule has 11 aromatic rings. The summed E-state index contributed by atoms with van der Waals surface area (Å²) in [5, 5.41) is 23.8. The largest absolute Gasteiger partial charge is 0.400 e. The van der Waals surface area contributed by atoms with Gasteiger partial charge in [-0.05, 0) is 304 Å². The van der Waals surface area contributed by atoms with Crippen LogP contribution < -0.4 is 17.2 Å². The third kappa shape index (κ3) is 50.7. The number of ketones is 1. The van der Waals surface area contributed by atoms with Crippen molar-refractivity contribution in [3.05, 3.63) is 373 Å². The Bertz CT molecular complexity index is 4360. The number of benzene rings is 8. The topological polar surface area (TPSA) is 301 Å². The second kappa shape index (κ2) is 79.1. The Balaban J connectivity index is 0.000000743. The molecule has 19 nitrogen and oxygen atoms in total. The highest BCUT2D eigenvalue weighted by atomic mass is 35.5.